The van der Waals surface area contributed by atoms with E-state index in [1.807, 2.05) is 13.0 Å². The minimum atomic E-state index is -0.406. The monoisotopic (exact) mass is 498 g/mol. The molecule has 5 unspecified atom stereocenters. The third kappa shape index (κ3) is 5.24. The van der Waals surface area contributed by atoms with Gasteiger partial charge in [0.15, 0.2) is 22.5 Å². The van der Waals surface area contributed by atoms with Crippen LogP contribution in [0.15, 0.2) is 52.2 Å². The van der Waals surface area contributed by atoms with Gasteiger partial charge in [-0.3, -0.25) is 9.36 Å². The molecule has 0 spiro atoms. The number of nitrogens with one attached hydrogen (secondary N) is 1. The van der Waals surface area contributed by atoms with Crippen LogP contribution in [0.4, 0.5) is 4.39 Å². The van der Waals surface area contributed by atoms with Crippen molar-refractivity contribution in [2.24, 2.45) is 17.8 Å². The molecule has 9 heteroatoms. The molecule has 1 N–H and O–H groups in total. The molecule has 0 saturated heterocycles. The molecule has 2 heterocycles. The van der Waals surface area contributed by atoms with Gasteiger partial charge in [0, 0.05) is 6.04 Å². The lowest BCUT2D eigenvalue weighted by Crippen LogP contribution is -2.28. The SMILES string of the molecule is CC(NC(=O)CSc1nnc(COc2ccccc2F)n1C(C)C1CC2CCC1C2)c1ccco1. The molecule has 35 heavy (non-hydrogen) atoms. The number of halogens is 1. The topological polar surface area (TPSA) is 82.2 Å². The molecule has 1 aromatic carbocycles. The highest BCUT2D eigenvalue weighted by molar-refractivity contribution is 7.99. The van der Waals surface area contributed by atoms with Gasteiger partial charge in [0.25, 0.3) is 0 Å². The first-order valence-electron chi connectivity index (χ1n) is 12.3. The van der Waals surface area contributed by atoms with Crippen molar-refractivity contribution in [3.8, 4) is 5.75 Å². The summed E-state index contributed by atoms with van der Waals surface area (Å²) in [6, 6.07) is 9.96. The lowest BCUT2D eigenvalue weighted by molar-refractivity contribution is -0.119. The van der Waals surface area contributed by atoms with Crippen LogP contribution in [-0.2, 0) is 11.4 Å². The summed E-state index contributed by atoms with van der Waals surface area (Å²) in [5, 5.41) is 12.5. The van der Waals surface area contributed by atoms with Crippen molar-refractivity contribution in [2.45, 2.75) is 63.4 Å². The van der Waals surface area contributed by atoms with Crippen molar-refractivity contribution in [1.82, 2.24) is 20.1 Å². The number of ether oxygens (including phenoxy) is 1. The summed E-state index contributed by atoms with van der Waals surface area (Å²) < 4.78 is 27.4. The number of fused-ring (bicyclic) bond motifs is 2. The molecule has 2 bridgehead atoms. The minimum Gasteiger partial charge on any atom is -0.483 e. The van der Waals surface area contributed by atoms with Crippen LogP contribution in [0.2, 0.25) is 0 Å². The van der Waals surface area contributed by atoms with Gasteiger partial charge >= 0.3 is 0 Å². The normalized spacial score (nSPS) is 22.8. The van der Waals surface area contributed by atoms with Gasteiger partial charge < -0.3 is 14.5 Å². The molecule has 2 aliphatic rings. The Labute approximate surface area is 208 Å². The van der Waals surface area contributed by atoms with Gasteiger partial charge in [-0.2, -0.15) is 0 Å². The molecular formula is C26H31FN4O3S. The van der Waals surface area contributed by atoms with E-state index in [4.69, 9.17) is 9.15 Å². The van der Waals surface area contributed by atoms with E-state index in [1.165, 1.54) is 43.5 Å². The fourth-order valence-corrected chi connectivity index (χ4v) is 6.57. The van der Waals surface area contributed by atoms with Crippen molar-refractivity contribution in [3.63, 3.8) is 0 Å². The number of carbonyl (C=O) groups is 1. The molecule has 5 atom stereocenters. The Balaban J connectivity index is 1.30. The Morgan fingerprint density at radius 3 is 2.80 bits per heavy atom. The van der Waals surface area contributed by atoms with E-state index in [0.29, 0.717) is 28.6 Å². The summed E-state index contributed by atoms with van der Waals surface area (Å²) in [6.45, 7) is 4.21. The Morgan fingerprint density at radius 2 is 2.09 bits per heavy atom. The smallest absolute Gasteiger partial charge is 0.231 e. The van der Waals surface area contributed by atoms with Crippen LogP contribution < -0.4 is 10.1 Å². The van der Waals surface area contributed by atoms with E-state index in [-0.39, 0.29) is 36.1 Å². The highest BCUT2D eigenvalue weighted by Gasteiger charge is 2.43. The number of aromatic nitrogens is 3. The molecule has 2 aromatic heterocycles. The maximum absolute atomic E-state index is 14.1. The van der Waals surface area contributed by atoms with Crippen molar-refractivity contribution in [3.05, 3.63) is 60.1 Å². The molecule has 3 aromatic rings. The van der Waals surface area contributed by atoms with Crippen molar-refractivity contribution in [2.75, 3.05) is 5.75 Å². The van der Waals surface area contributed by atoms with Crippen LogP contribution >= 0.6 is 11.8 Å². The van der Waals surface area contributed by atoms with Crippen LogP contribution in [0, 0.1) is 23.6 Å². The summed E-state index contributed by atoms with van der Waals surface area (Å²) in [5.41, 5.74) is 0. The molecule has 2 fully saturated rings. The lowest BCUT2D eigenvalue weighted by Gasteiger charge is -2.30. The molecule has 0 aliphatic heterocycles. The van der Waals surface area contributed by atoms with Gasteiger partial charge in [-0.15, -0.1) is 10.2 Å². The zero-order valence-electron chi connectivity index (χ0n) is 20.0. The molecule has 5 rings (SSSR count). The summed E-state index contributed by atoms with van der Waals surface area (Å²) >= 11 is 1.36. The first kappa shape index (κ1) is 23.9. The third-order valence-electron chi connectivity index (χ3n) is 7.43. The summed E-state index contributed by atoms with van der Waals surface area (Å²) in [4.78, 5) is 12.6. The molecule has 7 nitrogen and oxygen atoms in total. The average Bonchev–Trinajstić information content (AvgIpc) is 3.66. The lowest BCUT2D eigenvalue weighted by atomic mass is 9.84. The summed E-state index contributed by atoms with van der Waals surface area (Å²) in [5.74, 6) is 3.32. The maximum atomic E-state index is 14.1. The number of benzene rings is 1. The van der Waals surface area contributed by atoms with Crippen LogP contribution in [-0.4, -0.2) is 26.4 Å². The Morgan fingerprint density at radius 1 is 1.23 bits per heavy atom. The molecule has 186 valence electrons. The van der Waals surface area contributed by atoms with Crippen molar-refractivity contribution < 1.29 is 18.3 Å². The van der Waals surface area contributed by atoms with Crippen molar-refractivity contribution >= 4 is 17.7 Å². The molecular weight excluding hydrogens is 467 g/mol. The van der Waals surface area contributed by atoms with Gasteiger partial charge in [0.2, 0.25) is 5.91 Å². The van der Waals surface area contributed by atoms with Crippen molar-refractivity contribution in [1.29, 1.82) is 0 Å². The average molecular weight is 499 g/mol. The van der Waals surface area contributed by atoms with Gasteiger partial charge in [-0.1, -0.05) is 30.3 Å². The summed E-state index contributed by atoms with van der Waals surface area (Å²) in [7, 11) is 0. The van der Waals surface area contributed by atoms with E-state index in [0.717, 1.165) is 5.92 Å². The third-order valence-corrected chi connectivity index (χ3v) is 8.37. The maximum Gasteiger partial charge on any atom is 0.231 e. The van der Waals surface area contributed by atoms with Gasteiger partial charge in [-0.05, 0) is 75.1 Å². The van der Waals surface area contributed by atoms with Crippen LogP contribution in [0.5, 0.6) is 5.75 Å². The van der Waals surface area contributed by atoms with E-state index < -0.39 is 5.82 Å². The standard InChI is InChI=1S/C26H31FN4O3S/c1-16(22-8-5-11-33-22)28-25(32)15-35-26-30-29-24(14-34-23-7-4-3-6-21(23)27)31(26)17(2)20-13-18-9-10-19(20)12-18/h3-8,11,16-20H,9-10,12-15H2,1-2H3,(H,28,32). The Bertz CT molecular complexity index is 1150. The number of para-hydroxylation sites is 1. The zero-order valence-corrected chi connectivity index (χ0v) is 20.8. The number of amides is 1. The van der Waals surface area contributed by atoms with Crippen LogP contribution in [0.1, 0.15) is 63.2 Å². The van der Waals surface area contributed by atoms with Crippen LogP contribution in [0.25, 0.3) is 0 Å². The minimum absolute atomic E-state index is 0.106. The molecule has 1 amide bonds. The Kier molecular flexibility index (Phi) is 7.13. The fraction of sp³-hybridized carbons (Fsp3) is 0.500. The fourth-order valence-electron chi connectivity index (χ4n) is 5.72. The summed E-state index contributed by atoms with van der Waals surface area (Å²) in [6.07, 6.45) is 6.71. The number of thioether (sulfide) groups is 1. The molecule has 0 radical (unpaired) electrons. The predicted octanol–water partition coefficient (Wildman–Crippen LogP) is 5.56. The number of hydrogen-bond donors (Lipinski definition) is 1. The molecule has 2 aliphatic carbocycles. The van der Waals surface area contributed by atoms with Gasteiger partial charge in [0.05, 0.1) is 18.1 Å². The number of rotatable bonds is 10. The predicted molar refractivity (Wildman–Crippen MR) is 130 cm³/mol. The zero-order chi connectivity index (χ0) is 24.4. The second-order valence-electron chi connectivity index (χ2n) is 9.66. The second kappa shape index (κ2) is 10.4. The second-order valence-corrected chi connectivity index (χ2v) is 10.6. The van der Waals surface area contributed by atoms with Crippen LogP contribution in [0.3, 0.4) is 0 Å². The first-order valence-corrected chi connectivity index (χ1v) is 13.2. The van der Waals surface area contributed by atoms with E-state index in [2.05, 4.69) is 27.0 Å². The van der Waals surface area contributed by atoms with Gasteiger partial charge in [0.1, 0.15) is 12.4 Å². The highest BCUT2D eigenvalue weighted by Crippen LogP contribution is 2.52. The van der Waals surface area contributed by atoms with E-state index >= 15 is 0 Å². The number of nitrogens with zero attached hydrogens (tertiary/aromatic N) is 3. The van der Waals surface area contributed by atoms with Gasteiger partial charge in [-0.25, -0.2) is 4.39 Å². The van der Waals surface area contributed by atoms with E-state index in [1.54, 1.807) is 30.5 Å². The highest BCUT2D eigenvalue weighted by atomic mass is 32.2. The quantitative estimate of drug-likeness (QED) is 0.369. The number of furan rings is 1. The largest absolute Gasteiger partial charge is 0.483 e. The molecule has 2 saturated carbocycles. The number of hydrogen-bond acceptors (Lipinski definition) is 6. The number of carbonyl (C=O) groups excluding carboxylic acids is 1. The van der Waals surface area contributed by atoms with E-state index in [9.17, 15) is 9.18 Å². The first-order chi connectivity index (χ1) is 17.0. The Hall–Kier alpha value is -2.81.